The average molecular weight is 191 g/mol. The molecule has 1 aliphatic rings. The minimum Gasteiger partial charge on any atom is -0.497 e. The maximum atomic E-state index is 11.7. The van der Waals surface area contributed by atoms with Gasteiger partial charge in [-0.3, -0.25) is 4.79 Å². The van der Waals surface area contributed by atoms with Crippen molar-refractivity contribution in [1.82, 2.24) is 0 Å². The monoisotopic (exact) mass is 191 g/mol. The summed E-state index contributed by atoms with van der Waals surface area (Å²) in [5.41, 5.74) is 1.65. The van der Waals surface area contributed by atoms with Gasteiger partial charge < -0.3 is 10.1 Å². The van der Waals surface area contributed by atoms with Crippen LogP contribution in [0, 0.1) is 0 Å². The first-order valence-corrected chi connectivity index (χ1v) is 4.68. The zero-order chi connectivity index (χ0) is 10.1. The lowest BCUT2D eigenvalue weighted by Gasteiger charge is -2.23. The lowest BCUT2D eigenvalue weighted by Crippen LogP contribution is -2.26. The van der Waals surface area contributed by atoms with E-state index in [4.69, 9.17) is 4.74 Å². The number of anilines is 1. The third-order valence-electron chi connectivity index (χ3n) is 2.42. The van der Waals surface area contributed by atoms with Crippen LogP contribution in [0.4, 0.5) is 5.69 Å². The van der Waals surface area contributed by atoms with Gasteiger partial charge in [0.25, 0.3) is 0 Å². The highest BCUT2D eigenvalue weighted by atomic mass is 16.5. The molecule has 0 fully saturated rings. The highest BCUT2D eigenvalue weighted by Gasteiger charge is 2.21. The Bertz CT molecular complexity index is 374. The van der Waals surface area contributed by atoms with E-state index in [9.17, 15) is 4.79 Å². The van der Waals surface area contributed by atoms with Gasteiger partial charge in [-0.1, -0.05) is 0 Å². The summed E-state index contributed by atoms with van der Waals surface area (Å²) in [6, 6.07) is 5.76. The smallest absolute Gasteiger partial charge is 0.167 e. The van der Waals surface area contributed by atoms with Crippen molar-refractivity contribution >= 4 is 11.5 Å². The molecule has 1 aromatic rings. The number of carbonyl (C=O) groups is 1. The van der Waals surface area contributed by atoms with Crippen molar-refractivity contribution in [1.29, 1.82) is 0 Å². The van der Waals surface area contributed by atoms with Crippen molar-refractivity contribution in [3.8, 4) is 5.75 Å². The molecule has 2 rings (SSSR count). The van der Waals surface area contributed by atoms with Crippen molar-refractivity contribution < 1.29 is 9.53 Å². The maximum Gasteiger partial charge on any atom is 0.167 e. The molecule has 14 heavy (non-hydrogen) atoms. The molecular weight excluding hydrogens is 178 g/mol. The number of ketones is 1. The average Bonchev–Trinajstić information content (AvgIpc) is 2.17. The Morgan fingerprint density at radius 1 is 1.50 bits per heavy atom. The summed E-state index contributed by atoms with van der Waals surface area (Å²) in [5.74, 6) is 0.915. The molecule has 0 aliphatic carbocycles. The molecule has 1 unspecified atom stereocenters. The van der Waals surface area contributed by atoms with Crippen LogP contribution in [0.2, 0.25) is 0 Å². The molecule has 1 atom stereocenters. The molecule has 0 saturated heterocycles. The molecule has 1 heterocycles. The fraction of sp³-hybridized carbons (Fsp3) is 0.364. The second-order valence-corrected chi connectivity index (χ2v) is 3.58. The van der Waals surface area contributed by atoms with E-state index in [-0.39, 0.29) is 11.8 Å². The number of ether oxygens (including phenoxy) is 1. The lowest BCUT2D eigenvalue weighted by molar-refractivity contribution is 0.0974. The molecule has 1 N–H and O–H groups in total. The van der Waals surface area contributed by atoms with E-state index in [1.54, 1.807) is 13.2 Å². The summed E-state index contributed by atoms with van der Waals surface area (Å²) in [5, 5.41) is 3.27. The van der Waals surface area contributed by atoms with Crippen LogP contribution in [0.15, 0.2) is 18.2 Å². The van der Waals surface area contributed by atoms with Crippen LogP contribution < -0.4 is 10.1 Å². The fourth-order valence-corrected chi connectivity index (χ4v) is 1.71. The Kier molecular flexibility index (Phi) is 2.15. The number of fused-ring (bicyclic) bond motifs is 1. The molecule has 74 valence electrons. The van der Waals surface area contributed by atoms with E-state index < -0.39 is 0 Å². The molecule has 0 radical (unpaired) electrons. The molecule has 0 bridgehead atoms. The summed E-state index contributed by atoms with van der Waals surface area (Å²) < 4.78 is 5.08. The van der Waals surface area contributed by atoms with Gasteiger partial charge in [0.15, 0.2) is 5.78 Å². The zero-order valence-corrected chi connectivity index (χ0v) is 8.33. The summed E-state index contributed by atoms with van der Waals surface area (Å²) in [6.45, 7) is 2.01. The quantitative estimate of drug-likeness (QED) is 0.738. The van der Waals surface area contributed by atoms with E-state index in [1.807, 2.05) is 19.1 Å². The molecular formula is C11H13NO2. The molecule has 0 amide bonds. The number of nitrogens with one attached hydrogen (secondary N) is 1. The van der Waals surface area contributed by atoms with E-state index in [0.717, 1.165) is 17.0 Å². The van der Waals surface area contributed by atoms with E-state index in [0.29, 0.717) is 6.42 Å². The Labute approximate surface area is 83.1 Å². The largest absolute Gasteiger partial charge is 0.497 e. The second kappa shape index (κ2) is 3.33. The van der Waals surface area contributed by atoms with Gasteiger partial charge in [0.05, 0.1) is 7.11 Å². The molecule has 1 aromatic carbocycles. The predicted molar refractivity (Wildman–Crippen MR) is 55.0 cm³/mol. The van der Waals surface area contributed by atoms with Crippen molar-refractivity contribution in [2.45, 2.75) is 19.4 Å². The highest BCUT2D eigenvalue weighted by Crippen LogP contribution is 2.28. The molecule has 3 heteroatoms. The Hall–Kier alpha value is -1.51. The van der Waals surface area contributed by atoms with Crippen LogP contribution >= 0.6 is 0 Å². The van der Waals surface area contributed by atoms with Crippen LogP contribution in [0.5, 0.6) is 5.75 Å². The van der Waals surface area contributed by atoms with E-state index in [2.05, 4.69) is 5.32 Å². The van der Waals surface area contributed by atoms with Gasteiger partial charge >= 0.3 is 0 Å². The highest BCUT2D eigenvalue weighted by molar-refractivity contribution is 6.03. The predicted octanol–water partition coefficient (Wildman–Crippen LogP) is 2.08. The first-order chi connectivity index (χ1) is 6.70. The van der Waals surface area contributed by atoms with Crippen LogP contribution in [0.3, 0.4) is 0 Å². The summed E-state index contributed by atoms with van der Waals surface area (Å²) in [6.07, 6.45) is 0.556. The van der Waals surface area contributed by atoms with Gasteiger partial charge in [-0.05, 0) is 25.1 Å². The third kappa shape index (κ3) is 1.45. The fourth-order valence-electron chi connectivity index (χ4n) is 1.71. The number of benzene rings is 1. The molecule has 0 saturated carbocycles. The van der Waals surface area contributed by atoms with Crippen LogP contribution in [0.1, 0.15) is 23.7 Å². The summed E-state index contributed by atoms with van der Waals surface area (Å²) >= 11 is 0. The van der Waals surface area contributed by atoms with Gasteiger partial charge in [-0.15, -0.1) is 0 Å². The zero-order valence-electron chi connectivity index (χ0n) is 8.33. The van der Waals surface area contributed by atoms with E-state index >= 15 is 0 Å². The molecule has 3 nitrogen and oxygen atoms in total. The number of carbonyl (C=O) groups excluding carboxylic acids is 1. The number of hydrogen-bond acceptors (Lipinski definition) is 3. The first-order valence-electron chi connectivity index (χ1n) is 4.68. The van der Waals surface area contributed by atoms with Gasteiger partial charge in [0.1, 0.15) is 5.75 Å². The normalized spacial score (nSPS) is 19.9. The van der Waals surface area contributed by atoms with Gasteiger partial charge in [-0.25, -0.2) is 0 Å². The molecule has 1 aliphatic heterocycles. The van der Waals surface area contributed by atoms with Crippen LogP contribution in [-0.4, -0.2) is 18.9 Å². The Morgan fingerprint density at radius 2 is 2.29 bits per heavy atom. The second-order valence-electron chi connectivity index (χ2n) is 3.58. The van der Waals surface area contributed by atoms with Crippen LogP contribution in [-0.2, 0) is 0 Å². The molecule has 0 aromatic heterocycles. The lowest BCUT2D eigenvalue weighted by atomic mass is 9.97. The summed E-state index contributed by atoms with van der Waals surface area (Å²) in [7, 11) is 1.60. The Morgan fingerprint density at radius 3 is 3.00 bits per heavy atom. The standard InChI is InChI=1S/C11H13NO2/c1-7-5-11(13)9-6-8(14-2)3-4-10(9)12-7/h3-4,6-7,12H,5H2,1-2H3. The molecule has 0 spiro atoms. The number of hydrogen-bond donors (Lipinski definition) is 1. The van der Waals surface area contributed by atoms with Crippen molar-refractivity contribution in [2.75, 3.05) is 12.4 Å². The van der Waals surface area contributed by atoms with Crippen molar-refractivity contribution in [3.05, 3.63) is 23.8 Å². The van der Waals surface area contributed by atoms with Crippen molar-refractivity contribution in [3.63, 3.8) is 0 Å². The van der Waals surface area contributed by atoms with Crippen LogP contribution in [0.25, 0.3) is 0 Å². The first kappa shape index (κ1) is 9.06. The number of Topliss-reactive ketones (excluding diaryl/α,β-unsaturated/α-hetero) is 1. The maximum absolute atomic E-state index is 11.7. The minimum absolute atomic E-state index is 0.185. The topological polar surface area (TPSA) is 38.3 Å². The minimum atomic E-state index is 0.185. The third-order valence-corrected chi connectivity index (χ3v) is 2.42. The Balaban J connectivity index is 2.44. The number of rotatable bonds is 1. The SMILES string of the molecule is COc1ccc2c(c1)C(=O)CC(C)N2. The van der Waals surface area contributed by atoms with Gasteiger partial charge in [0.2, 0.25) is 0 Å². The van der Waals surface area contributed by atoms with Gasteiger partial charge in [-0.2, -0.15) is 0 Å². The van der Waals surface area contributed by atoms with E-state index in [1.165, 1.54) is 0 Å². The summed E-state index contributed by atoms with van der Waals surface area (Å²) in [4.78, 5) is 11.7. The number of methoxy groups -OCH3 is 1. The van der Waals surface area contributed by atoms with Crippen molar-refractivity contribution in [2.24, 2.45) is 0 Å². The van der Waals surface area contributed by atoms with Gasteiger partial charge in [0, 0.05) is 23.7 Å².